The molecule has 1 aliphatic rings. The first-order chi connectivity index (χ1) is 14.5. The third-order valence-electron chi connectivity index (χ3n) is 4.75. The maximum absolute atomic E-state index is 13.7. The van der Waals surface area contributed by atoms with Gasteiger partial charge >= 0.3 is 0 Å². The van der Waals surface area contributed by atoms with E-state index in [-0.39, 0.29) is 11.3 Å². The molecule has 3 aromatic rings. The van der Waals surface area contributed by atoms with Crippen LogP contribution >= 0.6 is 0 Å². The van der Waals surface area contributed by atoms with Crippen LogP contribution in [0.25, 0.3) is 0 Å². The predicted molar refractivity (Wildman–Crippen MR) is 113 cm³/mol. The molecular formula is C20H21FN6O2S. The number of rotatable bonds is 6. The molecule has 1 fully saturated rings. The predicted octanol–water partition coefficient (Wildman–Crippen LogP) is 2.28. The van der Waals surface area contributed by atoms with Gasteiger partial charge in [0, 0.05) is 37.9 Å². The van der Waals surface area contributed by atoms with Crippen LogP contribution in [-0.2, 0) is 15.8 Å². The van der Waals surface area contributed by atoms with Gasteiger partial charge in [-0.1, -0.05) is 24.3 Å². The van der Waals surface area contributed by atoms with Gasteiger partial charge < -0.3 is 9.80 Å². The van der Waals surface area contributed by atoms with Crippen molar-refractivity contribution in [2.24, 2.45) is 0 Å². The Morgan fingerprint density at radius 2 is 1.57 bits per heavy atom. The van der Waals surface area contributed by atoms with Gasteiger partial charge in [-0.25, -0.2) is 27.8 Å². The number of piperazine rings is 1. The average molecular weight is 428 g/mol. The Hall–Kier alpha value is -3.27. The van der Waals surface area contributed by atoms with Crippen molar-refractivity contribution in [1.29, 1.82) is 0 Å². The number of anilines is 3. The smallest absolute Gasteiger partial charge is 0.237 e. The largest absolute Gasteiger partial charge is 0.353 e. The Labute approximate surface area is 174 Å². The zero-order chi connectivity index (χ0) is 21.0. The third-order valence-corrected chi connectivity index (χ3v) is 5.99. The van der Waals surface area contributed by atoms with Gasteiger partial charge in [0.15, 0.2) is 0 Å². The van der Waals surface area contributed by atoms with E-state index in [1.807, 2.05) is 23.1 Å². The molecule has 2 aromatic heterocycles. The van der Waals surface area contributed by atoms with Crippen molar-refractivity contribution < 1.29 is 12.8 Å². The number of pyridine rings is 1. The lowest BCUT2D eigenvalue weighted by Crippen LogP contribution is -2.47. The molecule has 1 aromatic carbocycles. The third kappa shape index (κ3) is 4.82. The average Bonchev–Trinajstić information content (AvgIpc) is 2.76. The normalized spacial score (nSPS) is 14.6. The molecule has 0 bridgehead atoms. The lowest BCUT2D eigenvalue weighted by Gasteiger charge is -2.35. The minimum Gasteiger partial charge on any atom is -0.353 e. The van der Waals surface area contributed by atoms with Crippen LogP contribution in [0.2, 0.25) is 0 Å². The summed E-state index contributed by atoms with van der Waals surface area (Å²) in [5.41, 5.74) is 0.343. The number of hydrogen-bond acceptors (Lipinski definition) is 7. The summed E-state index contributed by atoms with van der Waals surface area (Å²) in [6.45, 7) is 3.04. The number of hydrogen-bond donors (Lipinski definition) is 1. The van der Waals surface area contributed by atoms with Gasteiger partial charge in [0.2, 0.25) is 16.0 Å². The zero-order valence-electron chi connectivity index (χ0n) is 16.1. The maximum atomic E-state index is 13.7. The SMILES string of the molecule is O=S(=O)(Cc1ccccc1F)Nc1cnc(N2CCN(c3ccccn3)CC2)nc1. The molecule has 3 heterocycles. The van der Waals surface area contributed by atoms with Gasteiger partial charge in [-0.3, -0.25) is 4.72 Å². The fourth-order valence-electron chi connectivity index (χ4n) is 3.25. The minimum atomic E-state index is -3.78. The number of sulfonamides is 1. The van der Waals surface area contributed by atoms with Crippen molar-refractivity contribution in [3.8, 4) is 0 Å². The summed E-state index contributed by atoms with van der Waals surface area (Å²) in [6, 6.07) is 11.6. The van der Waals surface area contributed by atoms with Gasteiger partial charge in [-0.15, -0.1) is 0 Å². The van der Waals surface area contributed by atoms with Crippen LogP contribution in [0.4, 0.5) is 21.8 Å². The van der Waals surface area contributed by atoms with Crippen LogP contribution in [0.3, 0.4) is 0 Å². The van der Waals surface area contributed by atoms with E-state index in [4.69, 9.17) is 0 Å². The van der Waals surface area contributed by atoms with Gasteiger partial charge in [-0.2, -0.15) is 0 Å². The number of aromatic nitrogens is 3. The van der Waals surface area contributed by atoms with Crippen molar-refractivity contribution in [3.05, 3.63) is 72.4 Å². The molecule has 1 N–H and O–H groups in total. The Kier molecular flexibility index (Phi) is 5.75. The summed E-state index contributed by atoms with van der Waals surface area (Å²) in [6.07, 6.45) is 4.62. The van der Waals surface area contributed by atoms with E-state index in [1.54, 1.807) is 12.3 Å². The standard InChI is InChI=1S/C20H21FN6O2S/c21-18-6-2-1-5-16(18)15-30(28,29)25-17-13-23-20(24-14-17)27-11-9-26(10-12-27)19-7-3-4-8-22-19/h1-8,13-14,25H,9-12,15H2. The van der Waals surface area contributed by atoms with Crippen molar-refractivity contribution in [2.45, 2.75) is 5.75 Å². The molecule has 10 heteroatoms. The minimum absolute atomic E-state index is 0.105. The summed E-state index contributed by atoms with van der Waals surface area (Å²) >= 11 is 0. The Morgan fingerprint density at radius 1 is 0.900 bits per heavy atom. The second-order valence-electron chi connectivity index (χ2n) is 6.89. The van der Waals surface area contributed by atoms with Crippen LogP contribution in [0.15, 0.2) is 61.1 Å². The Morgan fingerprint density at radius 3 is 2.23 bits per heavy atom. The van der Waals surface area contributed by atoms with Crippen molar-refractivity contribution >= 4 is 27.5 Å². The second-order valence-corrected chi connectivity index (χ2v) is 8.61. The van der Waals surface area contributed by atoms with Gasteiger partial charge in [0.05, 0.1) is 23.8 Å². The zero-order valence-corrected chi connectivity index (χ0v) is 17.0. The van der Waals surface area contributed by atoms with Crippen LogP contribution < -0.4 is 14.5 Å². The number of halogens is 1. The number of nitrogens with one attached hydrogen (secondary N) is 1. The lowest BCUT2D eigenvalue weighted by atomic mass is 10.2. The Balaban J connectivity index is 1.36. The molecule has 0 radical (unpaired) electrons. The molecular weight excluding hydrogens is 407 g/mol. The van der Waals surface area contributed by atoms with Crippen molar-refractivity contribution in [2.75, 3.05) is 40.7 Å². The van der Waals surface area contributed by atoms with E-state index >= 15 is 0 Å². The summed E-state index contributed by atoms with van der Waals surface area (Å²) in [5, 5.41) is 0. The molecule has 0 spiro atoms. The van der Waals surface area contributed by atoms with Gasteiger partial charge in [0.1, 0.15) is 11.6 Å². The highest BCUT2D eigenvalue weighted by atomic mass is 32.2. The van der Waals surface area contributed by atoms with Crippen LogP contribution in [0.1, 0.15) is 5.56 Å². The maximum Gasteiger partial charge on any atom is 0.237 e. The summed E-state index contributed by atoms with van der Waals surface area (Å²) in [5.74, 6) is 0.460. The molecule has 0 atom stereocenters. The monoisotopic (exact) mass is 428 g/mol. The van der Waals surface area contributed by atoms with Crippen LogP contribution in [0, 0.1) is 5.82 Å². The summed E-state index contributed by atoms with van der Waals surface area (Å²) in [7, 11) is -3.78. The second kappa shape index (κ2) is 8.62. The first-order valence-corrected chi connectivity index (χ1v) is 11.1. The van der Waals surface area contributed by atoms with E-state index in [2.05, 4.69) is 24.6 Å². The fraction of sp³-hybridized carbons (Fsp3) is 0.250. The molecule has 8 nitrogen and oxygen atoms in total. The van der Waals surface area contributed by atoms with E-state index < -0.39 is 21.6 Å². The molecule has 0 aliphatic carbocycles. The quantitative estimate of drug-likeness (QED) is 0.644. The van der Waals surface area contributed by atoms with Gasteiger partial charge in [-0.05, 0) is 18.2 Å². The molecule has 1 aliphatic heterocycles. The molecule has 4 rings (SSSR count). The number of nitrogens with zero attached hydrogens (tertiary/aromatic N) is 5. The fourth-order valence-corrected chi connectivity index (χ4v) is 4.43. The lowest BCUT2D eigenvalue weighted by molar-refractivity contribution is 0.591. The van der Waals surface area contributed by atoms with Gasteiger partial charge in [0.25, 0.3) is 0 Å². The molecule has 1 saturated heterocycles. The van der Waals surface area contributed by atoms with Crippen molar-refractivity contribution in [1.82, 2.24) is 15.0 Å². The van der Waals surface area contributed by atoms with Crippen molar-refractivity contribution in [3.63, 3.8) is 0 Å². The molecule has 0 saturated carbocycles. The van der Waals surface area contributed by atoms with E-state index in [0.29, 0.717) is 5.95 Å². The molecule has 156 valence electrons. The molecule has 0 amide bonds. The first kappa shape index (κ1) is 20.0. The molecule has 30 heavy (non-hydrogen) atoms. The number of benzene rings is 1. The first-order valence-electron chi connectivity index (χ1n) is 9.47. The highest BCUT2D eigenvalue weighted by Crippen LogP contribution is 2.18. The van der Waals surface area contributed by atoms with E-state index in [9.17, 15) is 12.8 Å². The summed E-state index contributed by atoms with van der Waals surface area (Å²) in [4.78, 5) is 17.2. The van der Waals surface area contributed by atoms with E-state index in [1.165, 1.54) is 30.6 Å². The highest BCUT2D eigenvalue weighted by Gasteiger charge is 2.20. The van der Waals surface area contributed by atoms with E-state index in [0.717, 1.165) is 32.0 Å². The summed E-state index contributed by atoms with van der Waals surface area (Å²) < 4.78 is 40.8. The topological polar surface area (TPSA) is 91.3 Å². The highest BCUT2D eigenvalue weighted by molar-refractivity contribution is 7.91. The Bertz CT molecular complexity index is 1090. The van der Waals surface area contributed by atoms with Crippen LogP contribution in [-0.4, -0.2) is 49.5 Å². The molecule has 0 unspecified atom stereocenters. The van der Waals surface area contributed by atoms with Crippen LogP contribution in [0.5, 0.6) is 0 Å².